The first-order chi connectivity index (χ1) is 7.67. The zero-order valence-corrected chi connectivity index (χ0v) is 10.2. The molecule has 0 bridgehead atoms. The van der Waals surface area contributed by atoms with Crippen molar-refractivity contribution in [1.29, 1.82) is 0 Å². The van der Waals surface area contributed by atoms with Gasteiger partial charge < -0.3 is 9.47 Å². The average Bonchev–Trinajstić information content (AvgIpc) is 2.29. The molecule has 1 aromatic carbocycles. The first-order valence-electron chi connectivity index (χ1n) is 5.17. The lowest BCUT2D eigenvalue weighted by Gasteiger charge is -2.14. The lowest BCUT2D eigenvalue weighted by molar-refractivity contribution is -0.118. The molecule has 0 saturated heterocycles. The van der Waals surface area contributed by atoms with Crippen LogP contribution in [-0.2, 0) is 4.79 Å². The lowest BCUT2D eigenvalue weighted by atomic mass is 10.2. The van der Waals surface area contributed by atoms with Crippen molar-refractivity contribution >= 4 is 16.8 Å². The number of hydrogen-bond donors (Lipinski definition) is 0. The summed E-state index contributed by atoms with van der Waals surface area (Å²) in [6, 6.07) is 7.05. The topological polar surface area (TPSA) is 35.5 Å². The van der Waals surface area contributed by atoms with E-state index in [1.165, 1.54) is 0 Å². The first kappa shape index (κ1) is 12.8. The molecular weight excluding hydrogens is 228 g/mol. The van der Waals surface area contributed by atoms with E-state index in [4.69, 9.17) is 21.1 Å². The van der Waals surface area contributed by atoms with Crippen molar-refractivity contribution in [1.82, 2.24) is 0 Å². The van der Waals surface area contributed by atoms with Crippen LogP contribution >= 0.6 is 11.6 Å². The van der Waals surface area contributed by atoms with Crippen molar-refractivity contribution < 1.29 is 14.3 Å². The van der Waals surface area contributed by atoms with E-state index in [1.54, 1.807) is 31.4 Å². The van der Waals surface area contributed by atoms with Crippen LogP contribution in [0.2, 0.25) is 0 Å². The van der Waals surface area contributed by atoms with Crippen molar-refractivity contribution in [2.24, 2.45) is 0 Å². The van der Waals surface area contributed by atoms with Gasteiger partial charge in [-0.25, -0.2) is 0 Å². The van der Waals surface area contributed by atoms with Crippen molar-refractivity contribution in [2.75, 3.05) is 7.11 Å². The minimum Gasteiger partial charge on any atom is -0.497 e. The van der Waals surface area contributed by atoms with Crippen molar-refractivity contribution in [2.45, 2.75) is 25.9 Å². The third-order valence-corrected chi connectivity index (χ3v) is 2.39. The molecule has 0 aromatic heterocycles. The number of carbonyl (C=O) groups is 1. The monoisotopic (exact) mass is 242 g/mol. The molecule has 0 aliphatic heterocycles. The Labute approximate surface area is 100 Å². The fourth-order valence-corrected chi connectivity index (χ4v) is 1.45. The van der Waals surface area contributed by atoms with E-state index in [9.17, 15) is 4.79 Å². The minimum atomic E-state index is -0.569. The van der Waals surface area contributed by atoms with E-state index >= 15 is 0 Å². The van der Waals surface area contributed by atoms with E-state index in [2.05, 4.69) is 0 Å². The smallest absolute Gasteiger partial charge is 0.262 e. The second-order valence-corrected chi connectivity index (χ2v) is 3.75. The van der Waals surface area contributed by atoms with Gasteiger partial charge in [-0.1, -0.05) is 13.3 Å². The molecule has 0 spiro atoms. The molecule has 0 fully saturated rings. The Morgan fingerprint density at radius 3 is 2.31 bits per heavy atom. The van der Waals surface area contributed by atoms with Gasteiger partial charge in [-0.05, 0) is 42.3 Å². The number of halogens is 1. The van der Waals surface area contributed by atoms with Gasteiger partial charge >= 0.3 is 0 Å². The predicted octanol–water partition coefficient (Wildman–Crippen LogP) is 3.01. The second-order valence-electron chi connectivity index (χ2n) is 3.37. The van der Waals surface area contributed by atoms with Crippen molar-refractivity contribution in [3.05, 3.63) is 24.3 Å². The number of hydrogen-bond acceptors (Lipinski definition) is 3. The maximum atomic E-state index is 11.1. The molecule has 3 nitrogen and oxygen atoms in total. The summed E-state index contributed by atoms with van der Waals surface area (Å²) in [6.45, 7) is 1.98. The summed E-state index contributed by atoms with van der Waals surface area (Å²) < 4.78 is 10.5. The highest BCUT2D eigenvalue weighted by Gasteiger charge is 2.16. The molecule has 1 rings (SSSR count). The molecular formula is C12H15ClO3. The molecule has 0 heterocycles. The molecule has 0 radical (unpaired) electrons. The van der Waals surface area contributed by atoms with Gasteiger partial charge in [-0.15, -0.1) is 0 Å². The second kappa shape index (κ2) is 6.38. The first-order valence-corrected chi connectivity index (χ1v) is 5.55. The predicted molar refractivity (Wildman–Crippen MR) is 63.2 cm³/mol. The van der Waals surface area contributed by atoms with Gasteiger partial charge in [0.25, 0.3) is 5.24 Å². The Balaban J connectivity index is 2.65. The molecule has 0 N–H and O–H groups in total. The number of rotatable bonds is 6. The van der Waals surface area contributed by atoms with Crippen LogP contribution in [-0.4, -0.2) is 18.5 Å². The summed E-state index contributed by atoms with van der Waals surface area (Å²) in [5.74, 6) is 1.37. The normalized spacial score (nSPS) is 11.9. The molecule has 1 atom stereocenters. The van der Waals surface area contributed by atoms with Gasteiger partial charge in [0.2, 0.25) is 0 Å². The Bertz CT molecular complexity index is 335. The zero-order chi connectivity index (χ0) is 12.0. The molecule has 0 aliphatic rings. The van der Waals surface area contributed by atoms with Crippen molar-refractivity contribution in [3.8, 4) is 11.5 Å². The fourth-order valence-electron chi connectivity index (χ4n) is 1.30. The van der Waals surface area contributed by atoms with E-state index < -0.39 is 11.3 Å². The highest BCUT2D eigenvalue weighted by atomic mass is 35.5. The molecule has 88 valence electrons. The SMILES string of the molecule is CCCC(Oc1ccc(OC)cc1)C(=O)Cl. The van der Waals surface area contributed by atoms with Crippen LogP contribution in [0.15, 0.2) is 24.3 Å². The van der Waals surface area contributed by atoms with E-state index in [1.807, 2.05) is 6.92 Å². The molecule has 0 saturated carbocycles. The molecule has 4 heteroatoms. The van der Waals surface area contributed by atoms with Gasteiger partial charge in [-0.3, -0.25) is 4.79 Å². The highest BCUT2D eigenvalue weighted by Crippen LogP contribution is 2.20. The van der Waals surface area contributed by atoms with Crippen LogP contribution < -0.4 is 9.47 Å². The van der Waals surface area contributed by atoms with Gasteiger partial charge in [0.1, 0.15) is 11.5 Å². The zero-order valence-electron chi connectivity index (χ0n) is 9.40. The lowest BCUT2D eigenvalue weighted by Crippen LogP contribution is -2.23. The third-order valence-electron chi connectivity index (χ3n) is 2.14. The summed E-state index contributed by atoms with van der Waals surface area (Å²) in [7, 11) is 1.60. The van der Waals surface area contributed by atoms with Gasteiger partial charge in [-0.2, -0.15) is 0 Å². The van der Waals surface area contributed by atoms with Crippen LogP contribution in [0, 0.1) is 0 Å². The van der Waals surface area contributed by atoms with Crippen LogP contribution in [0.3, 0.4) is 0 Å². The Hall–Kier alpha value is -1.22. The molecule has 0 aliphatic carbocycles. The fraction of sp³-hybridized carbons (Fsp3) is 0.417. The van der Waals surface area contributed by atoms with Crippen molar-refractivity contribution in [3.63, 3.8) is 0 Å². The van der Waals surface area contributed by atoms with Crippen LogP contribution in [0.1, 0.15) is 19.8 Å². The Morgan fingerprint density at radius 2 is 1.88 bits per heavy atom. The minimum absolute atomic E-state index is 0.460. The number of ether oxygens (including phenoxy) is 2. The quantitative estimate of drug-likeness (QED) is 0.720. The molecule has 0 amide bonds. The summed E-state index contributed by atoms with van der Waals surface area (Å²) >= 11 is 5.44. The average molecular weight is 243 g/mol. The molecule has 1 unspecified atom stereocenters. The van der Waals surface area contributed by atoms with E-state index in [0.717, 1.165) is 12.2 Å². The number of carbonyl (C=O) groups excluding carboxylic acids is 1. The molecule has 16 heavy (non-hydrogen) atoms. The maximum absolute atomic E-state index is 11.1. The summed E-state index contributed by atoms with van der Waals surface area (Å²) in [6.07, 6.45) is 0.897. The number of benzene rings is 1. The summed E-state index contributed by atoms with van der Waals surface area (Å²) in [5, 5.41) is -0.460. The highest BCUT2D eigenvalue weighted by molar-refractivity contribution is 6.64. The largest absolute Gasteiger partial charge is 0.497 e. The Morgan fingerprint density at radius 1 is 1.31 bits per heavy atom. The van der Waals surface area contributed by atoms with E-state index in [-0.39, 0.29) is 0 Å². The van der Waals surface area contributed by atoms with Gasteiger partial charge in [0.15, 0.2) is 6.10 Å². The third kappa shape index (κ3) is 3.74. The summed E-state index contributed by atoms with van der Waals surface area (Å²) in [5.41, 5.74) is 0. The standard InChI is InChI=1S/C12H15ClO3/c1-3-4-11(12(13)14)16-10-7-5-9(15-2)6-8-10/h5-8,11H,3-4H2,1-2H3. The van der Waals surface area contributed by atoms with Crippen LogP contribution in [0.25, 0.3) is 0 Å². The molecule has 1 aromatic rings. The number of methoxy groups -OCH3 is 1. The summed E-state index contributed by atoms with van der Waals surface area (Å²) in [4.78, 5) is 11.1. The van der Waals surface area contributed by atoms with Gasteiger partial charge in [0.05, 0.1) is 7.11 Å². The van der Waals surface area contributed by atoms with Crippen LogP contribution in [0.4, 0.5) is 0 Å². The van der Waals surface area contributed by atoms with Crippen LogP contribution in [0.5, 0.6) is 11.5 Å². The van der Waals surface area contributed by atoms with Gasteiger partial charge in [0, 0.05) is 0 Å². The Kier molecular flexibility index (Phi) is 5.12. The van der Waals surface area contributed by atoms with E-state index in [0.29, 0.717) is 12.2 Å². The maximum Gasteiger partial charge on any atom is 0.262 e.